The van der Waals surface area contributed by atoms with Gasteiger partial charge >= 0.3 is 0 Å². The van der Waals surface area contributed by atoms with Crippen LogP contribution in [0.4, 0.5) is 5.69 Å². The van der Waals surface area contributed by atoms with Crippen molar-refractivity contribution in [2.75, 3.05) is 5.32 Å². The topological polar surface area (TPSA) is 115 Å². The molecule has 4 N–H and O–H groups in total. The Labute approximate surface area is 178 Å². The molecule has 5 aromatic rings. The lowest BCUT2D eigenvalue weighted by Gasteiger charge is -2.16. The SMILES string of the molecule is CC(C)CC(O)Nc1cncc(-c2cnc3[nH]nc(-c4cc5cccnc5[nH]4)c3c2)c1. The summed E-state index contributed by atoms with van der Waals surface area (Å²) >= 11 is 0. The zero-order valence-electron chi connectivity index (χ0n) is 17.3. The molecular weight excluding hydrogens is 390 g/mol. The van der Waals surface area contributed by atoms with Crippen LogP contribution in [0.2, 0.25) is 0 Å². The number of pyridine rings is 3. The van der Waals surface area contributed by atoms with E-state index >= 15 is 0 Å². The van der Waals surface area contributed by atoms with E-state index in [4.69, 9.17) is 0 Å². The molecule has 0 radical (unpaired) electrons. The quantitative estimate of drug-likeness (QED) is 0.308. The number of hydrogen-bond donors (Lipinski definition) is 4. The molecule has 0 aromatic carbocycles. The number of hydrogen-bond acceptors (Lipinski definition) is 6. The molecule has 8 heteroatoms. The van der Waals surface area contributed by atoms with E-state index in [9.17, 15) is 5.11 Å². The van der Waals surface area contributed by atoms with Crippen LogP contribution in [0, 0.1) is 5.92 Å². The Morgan fingerprint density at radius 2 is 1.90 bits per heavy atom. The summed E-state index contributed by atoms with van der Waals surface area (Å²) in [5.74, 6) is 0.393. The Hall–Kier alpha value is -3.78. The first kappa shape index (κ1) is 19.2. The van der Waals surface area contributed by atoms with E-state index in [0.717, 1.165) is 44.6 Å². The number of aliphatic hydroxyl groups excluding tert-OH is 1. The van der Waals surface area contributed by atoms with E-state index in [-0.39, 0.29) is 0 Å². The lowest BCUT2D eigenvalue weighted by atomic mass is 10.1. The molecule has 0 amide bonds. The summed E-state index contributed by atoms with van der Waals surface area (Å²) in [4.78, 5) is 16.6. The van der Waals surface area contributed by atoms with Crippen molar-refractivity contribution in [2.24, 2.45) is 5.92 Å². The number of fused-ring (bicyclic) bond motifs is 2. The first-order valence-electron chi connectivity index (χ1n) is 10.2. The molecule has 0 saturated carbocycles. The van der Waals surface area contributed by atoms with E-state index in [0.29, 0.717) is 18.0 Å². The van der Waals surface area contributed by atoms with Crippen molar-refractivity contribution in [3.05, 3.63) is 55.1 Å². The number of aromatic nitrogens is 6. The van der Waals surface area contributed by atoms with Gasteiger partial charge in [-0.2, -0.15) is 5.10 Å². The van der Waals surface area contributed by atoms with Crippen LogP contribution < -0.4 is 5.32 Å². The summed E-state index contributed by atoms with van der Waals surface area (Å²) < 4.78 is 0. The van der Waals surface area contributed by atoms with Crippen LogP contribution in [0.1, 0.15) is 20.3 Å². The third kappa shape index (κ3) is 3.85. The second-order valence-corrected chi connectivity index (χ2v) is 8.07. The van der Waals surface area contributed by atoms with Crippen molar-refractivity contribution in [3.63, 3.8) is 0 Å². The predicted octanol–water partition coefficient (Wildman–Crippen LogP) is 4.34. The summed E-state index contributed by atoms with van der Waals surface area (Å²) in [7, 11) is 0. The monoisotopic (exact) mass is 413 g/mol. The second-order valence-electron chi connectivity index (χ2n) is 8.07. The minimum atomic E-state index is -0.617. The zero-order valence-corrected chi connectivity index (χ0v) is 17.3. The molecular formula is C23H23N7O. The van der Waals surface area contributed by atoms with Gasteiger partial charge in [0.05, 0.1) is 17.6 Å². The fourth-order valence-electron chi connectivity index (χ4n) is 3.73. The van der Waals surface area contributed by atoms with Gasteiger partial charge in [0.25, 0.3) is 0 Å². The summed E-state index contributed by atoms with van der Waals surface area (Å²) in [6.07, 6.45) is 7.10. The molecule has 0 saturated heterocycles. The molecule has 31 heavy (non-hydrogen) atoms. The Kier molecular flexibility index (Phi) is 4.83. The van der Waals surface area contributed by atoms with Crippen LogP contribution in [0.15, 0.2) is 55.1 Å². The van der Waals surface area contributed by atoms with Gasteiger partial charge in [0, 0.05) is 40.5 Å². The number of aromatic amines is 2. The molecule has 1 atom stereocenters. The van der Waals surface area contributed by atoms with Gasteiger partial charge in [-0.05, 0) is 42.7 Å². The molecule has 0 spiro atoms. The molecule has 0 aliphatic rings. The molecule has 5 heterocycles. The Balaban J connectivity index is 1.50. The number of aliphatic hydroxyl groups is 1. The van der Waals surface area contributed by atoms with E-state index in [2.05, 4.69) is 49.3 Å². The maximum Gasteiger partial charge on any atom is 0.155 e. The average Bonchev–Trinajstić information content (AvgIpc) is 3.36. The van der Waals surface area contributed by atoms with E-state index in [1.165, 1.54) is 0 Å². The highest BCUT2D eigenvalue weighted by Gasteiger charge is 2.14. The van der Waals surface area contributed by atoms with Gasteiger partial charge < -0.3 is 15.4 Å². The van der Waals surface area contributed by atoms with Gasteiger partial charge in [0.1, 0.15) is 17.6 Å². The number of H-pyrrole nitrogens is 2. The van der Waals surface area contributed by atoms with E-state index in [1.54, 1.807) is 24.8 Å². The normalized spacial score (nSPS) is 12.6. The Morgan fingerprint density at radius 3 is 2.74 bits per heavy atom. The number of anilines is 1. The summed E-state index contributed by atoms with van der Waals surface area (Å²) in [5.41, 5.74) is 5.78. The van der Waals surface area contributed by atoms with Gasteiger partial charge in [-0.3, -0.25) is 10.1 Å². The van der Waals surface area contributed by atoms with E-state index < -0.39 is 6.23 Å². The van der Waals surface area contributed by atoms with Gasteiger partial charge in [-0.15, -0.1) is 0 Å². The fraction of sp³-hybridized carbons (Fsp3) is 0.217. The molecule has 0 fully saturated rings. The first-order valence-corrected chi connectivity index (χ1v) is 10.2. The van der Waals surface area contributed by atoms with Crippen LogP contribution in [0.5, 0.6) is 0 Å². The van der Waals surface area contributed by atoms with Crippen LogP contribution >= 0.6 is 0 Å². The van der Waals surface area contributed by atoms with Crippen molar-refractivity contribution in [2.45, 2.75) is 26.5 Å². The smallest absolute Gasteiger partial charge is 0.155 e. The van der Waals surface area contributed by atoms with Crippen molar-refractivity contribution in [1.82, 2.24) is 30.1 Å². The number of nitrogens with zero attached hydrogens (tertiary/aromatic N) is 4. The third-order valence-corrected chi connectivity index (χ3v) is 5.16. The van der Waals surface area contributed by atoms with Gasteiger partial charge in [0.2, 0.25) is 0 Å². The highest BCUT2D eigenvalue weighted by Crippen LogP contribution is 2.30. The number of rotatable bonds is 6. The maximum atomic E-state index is 10.2. The molecule has 156 valence electrons. The fourth-order valence-corrected chi connectivity index (χ4v) is 3.73. The summed E-state index contributed by atoms with van der Waals surface area (Å²) in [6.45, 7) is 4.15. The van der Waals surface area contributed by atoms with Crippen LogP contribution in [0.3, 0.4) is 0 Å². The lowest BCUT2D eigenvalue weighted by molar-refractivity contribution is 0.176. The average molecular weight is 413 g/mol. The molecule has 0 aliphatic carbocycles. The molecule has 0 aliphatic heterocycles. The van der Waals surface area contributed by atoms with Gasteiger partial charge in [-0.1, -0.05) is 13.8 Å². The van der Waals surface area contributed by atoms with Crippen molar-refractivity contribution >= 4 is 27.8 Å². The van der Waals surface area contributed by atoms with Crippen molar-refractivity contribution < 1.29 is 5.11 Å². The van der Waals surface area contributed by atoms with Gasteiger partial charge in [-0.25, -0.2) is 9.97 Å². The second kappa shape index (κ2) is 7.81. The van der Waals surface area contributed by atoms with Crippen molar-refractivity contribution in [1.29, 1.82) is 0 Å². The molecule has 5 rings (SSSR count). The number of nitrogens with one attached hydrogen (secondary N) is 3. The van der Waals surface area contributed by atoms with E-state index in [1.807, 2.05) is 30.3 Å². The molecule has 0 bridgehead atoms. The largest absolute Gasteiger partial charge is 0.374 e. The first-order chi connectivity index (χ1) is 15.1. The summed E-state index contributed by atoms with van der Waals surface area (Å²) in [6, 6.07) is 9.97. The Morgan fingerprint density at radius 1 is 1.03 bits per heavy atom. The highest BCUT2D eigenvalue weighted by atomic mass is 16.3. The molecule has 1 unspecified atom stereocenters. The minimum absolute atomic E-state index is 0.393. The Bertz CT molecular complexity index is 1320. The molecule has 5 aromatic heterocycles. The minimum Gasteiger partial charge on any atom is -0.374 e. The van der Waals surface area contributed by atoms with Crippen LogP contribution in [-0.4, -0.2) is 41.5 Å². The lowest BCUT2D eigenvalue weighted by Crippen LogP contribution is -2.20. The van der Waals surface area contributed by atoms with Crippen molar-refractivity contribution in [3.8, 4) is 22.5 Å². The molecule has 8 nitrogen and oxygen atoms in total. The van der Waals surface area contributed by atoms with Crippen LogP contribution in [-0.2, 0) is 0 Å². The standard InChI is InChI=1S/C23H23N7O/c1-13(2)6-20(31)27-17-7-15(10-24-12-17)16-8-18-21(29-30-23(18)26-11-16)19-9-14-4-3-5-25-22(14)28-19/h3-5,7-13,20,27,31H,6H2,1-2H3,(H,25,28)(H,26,29,30). The van der Waals surface area contributed by atoms with Crippen LogP contribution in [0.25, 0.3) is 44.6 Å². The highest BCUT2D eigenvalue weighted by molar-refractivity contribution is 5.95. The summed E-state index contributed by atoms with van der Waals surface area (Å²) in [5, 5.41) is 22.7. The third-order valence-electron chi connectivity index (χ3n) is 5.16. The predicted molar refractivity (Wildman–Crippen MR) is 121 cm³/mol. The van der Waals surface area contributed by atoms with Gasteiger partial charge in [0.15, 0.2) is 5.65 Å². The zero-order chi connectivity index (χ0) is 21.4. The maximum absolute atomic E-state index is 10.2.